The first-order valence-electron chi connectivity index (χ1n) is 7.26. The molecule has 1 aromatic heterocycles. The smallest absolute Gasteiger partial charge is 0.163 e. The van der Waals surface area contributed by atoms with Crippen LogP contribution < -0.4 is 0 Å². The lowest BCUT2D eigenvalue weighted by atomic mass is 9.99. The summed E-state index contributed by atoms with van der Waals surface area (Å²) in [6, 6.07) is 24.8. The van der Waals surface area contributed by atoms with Crippen molar-refractivity contribution < 1.29 is 0 Å². The topological polar surface area (TPSA) is 65.4 Å². The van der Waals surface area contributed by atoms with Crippen LogP contribution in [0.25, 0.3) is 33.2 Å². The summed E-state index contributed by atoms with van der Waals surface area (Å²) in [5.74, 6) is 0. The molecule has 0 saturated heterocycles. The Balaban J connectivity index is 1.74. The lowest BCUT2D eigenvalue weighted by Crippen LogP contribution is -1.84. The molecular formula is C19H12N4. The summed E-state index contributed by atoms with van der Waals surface area (Å²) in [6.07, 6.45) is 0. The summed E-state index contributed by atoms with van der Waals surface area (Å²) in [6.45, 7) is 0. The first kappa shape index (κ1) is 13.2. The van der Waals surface area contributed by atoms with Gasteiger partial charge < -0.3 is 0 Å². The van der Waals surface area contributed by atoms with Gasteiger partial charge >= 0.3 is 0 Å². The van der Waals surface area contributed by atoms with Gasteiger partial charge in [0.2, 0.25) is 0 Å². The molecule has 0 aliphatic carbocycles. The van der Waals surface area contributed by atoms with Crippen molar-refractivity contribution in [2.45, 2.75) is 0 Å². The third kappa shape index (κ3) is 2.34. The molecule has 4 aromatic rings. The summed E-state index contributed by atoms with van der Waals surface area (Å²) in [4.78, 5) is 0. The van der Waals surface area contributed by atoms with Gasteiger partial charge in [-0.2, -0.15) is 5.26 Å². The van der Waals surface area contributed by atoms with E-state index < -0.39 is 0 Å². The third-order valence-corrected chi connectivity index (χ3v) is 3.90. The highest BCUT2D eigenvalue weighted by Gasteiger charge is 2.09. The van der Waals surface area contributed by atoms with Gasteiger partial charge in [0.1, 0.15) is 11.8 Å². The van der Waals surface area contributed by atoms with E-state index in [1.54, 1.807) is 0 Å². The summed E-state index contributed by atoms with van der Waals surface area (Å²) >= 11 is 0. The Morgan fingerprint density at radius 2 is 1.48 bits per heavy atom. The van der Waals surface area contributed by atoms with Crippen molar-refractivity contribution in [2.75, 3.05) is 0 Å². The van der Waals surface area contributed by atoms with Gasteiger partial charge in [-0.25, -0.2) is 5.10 Å². The van der Waals surface area contributed by atoms with Crippen LogP contribution >= 0.6 is 0 Å². The first-order valence-corrected chi connectivity index (χ1v) is 7.26. The Bertz CT molecular complexity index is 1020. The molecule has 4 nitrogen and oxygen atoms in total. The number of H-pyrrole nitrogens is 1. The van der Waals surface area contributed by atoms with Gasteiger partial charge in [0.15, 0.2) is 5.69 Å². The Morgan fingerprint density at radius 3 is 2.26 bits per heavy atom. The minimum absolute atomic E-state index is 0.378. The molecule has 23 heavy (non-hydrogen) atoms. The Kier molecular flexibility index (Phi) is 3.10. The zero-order chi connectivity index (χ0) is 15.6. The molecule has 4 rings (SSSR count). The maximum absolute atomic E-state index is 9.04. The second-order valence-electron chi connectivity index (χ2n) is 5.29. The van der Waals surface area contributed by atoms with E-state index in [2.05, 4.69) is 51.8 Å². The van der Waals surface area contributed by atoms with Gasteiger partial charge in [0, 0.05) is 5.56 Å². The summed E-state index contributed by atoms with van der Waals surface area (Å²) in [5.41, 5.74) is 4.12. The lowest BCUT2D eigenvalue weighted by molar-refractivity contribution is 0.937. The number of hydrogen-bond donors (Lipinski definition) is 1. The minimum Gasteiger partial charge on any atom is -0.247 e. The highest BCUT2D eigenvalue weighted by atomic mass is 15.3. The second-order valence-corrected chi connectivity index (χ2v) is 5.29. The zero-order valence-electron chi connectivity index (χ0n) is 12.2. The van der Waals surface area contributed by atoms with Crippen molar-refractivity contribution in [1.82, 2.24) is 15.4 Å². The Morgan fingerprint density at radius 1 is 0.783 bits per heavy atom. The van der Waals surface area contributed by atoms with E-state index in [0.717, 1.165) is 16.7 Å². The van der Waals surface area contributed by atoms with Crippen LogP contribution in [0.5, 0.6) is 0 Å². The van der Waals surface area contributed by atoms with Crippen molar-refractivity contribution >= 4 is 10.8 Å². The van der Waals surface area contributed by atoms with E-state index in [1.165, 1.54) is 10.8 Å². The molecule has 0 atom stereocenters. The fraction of sp³-hybridized carbons (Fsp3) is 0. The van der Waals surface area contributed by atoms with Crippen LogP contribution in [0.3, 0.4) is 0 Å². The third-order valence-electron chi connectivity index (χ3n) is 3.90. The standard InChI is InChI=1S/C19H12N4/c20-12-18-19(22-23-21-18)15-8-5-14(6-9-15)17-10-7-13-3-1-2-4-16(13)11-17/h1-11H,(H,21,22,23). The van der Waals surface area contributed by atoms with E-state index in [-0.39, 0.29) is 0 Å². The average Bonchev–Trinajstić information content (AvgIpc) is 3.10. The van der Waals surface area contributed by atoms with Crippen LogP contribution in [-0.4, -0.2) is 15.4 Å². The van der Waals surface area contributed by atoms with Crippen LogP contribution in [-0.2, 0) is 0 Å². The van der Waals surface area contributed by atoms with E-state index in [9.17, 15) is 0 Å². The molecule has 108 valence electrons. The largest absolute Gasteiger partial charge is 0.247 e. The molecule has 0 aliphatic rings. The van der Waals surface area contributed by atoms with Crippen molar-refractivity contribution in [1.29, 1.82) is 5.26 Å². The number of nitriles is 1. The van der Waals surface area contributed by atoms with Crippen LogP contribution in [0, 0.1) is 11.3 Å². The maximum Gasteiger partial charge on any atom is 0.163 e. The van der Waals surface area contributed by atoms with Gasteiger partial charge in [0.05, 0.1) is 0 Å². The molecule has 0 bridgehead atoms. The molecule has 0 radical (unpaired) electrons. The fourth-order valence-electron chi connectivity index (χ4n) is 2.70. The van der Waals surface area contributed by atoms with Crippen molar-refractivity contribution in [2.24, 2.45) is 0 Å². The van der Waals surface area contributed by atoms with Crippen LogP contribution in [0.4, 0.5) is 0 Å². The van der Waals surface area contributed by atoms with Crippen molar-refractivity contribution in [3.63, 3.8) is 0 Å². The fourth-order valence-corrected chi connectivity index (χ4v) is 2.70. The predicted molar refractivity (Wildman–Crippen MR) is 89.5 cm³/mol. The minimum atomic E-state index is 0.378. The normalized spacial score (nSPS) is 10.6. The van der Waals surface area contributed by atoms with Gasteiger partial charge in [-0.3, -0.25) is 0 Å². The molecule has 4 heteroatoms. The monoisotopic (exact) mass is 296 g/mol. The number of nitrogens with zero attached hydrogens (tertiary/aromatic N) is 3. The number of aromatic nitrogens is 3. The maximum atomic E-state index is 9.04. The summed E-state index contributed by atoms with van der Waals surface area (Å²) in [7, 11) is 0. The van der Waals surface area contributed by atoms with E-state index in [4.69, 9.17) is 5.26 Å². The van der Waals surface area contributed by atoms with E-state index >= 15 is 0 Å². The lowest BCUT2D eigenvalue weighted by Gasteiger charge is -2.05. The summed E-state index contributed by atoms with van der Waals surface area (Å²) < 4.78 is 0. The number of benzene rings is 3. The number of hydrogen-bond acceptors (Lipinski definition) is 3. The number of nitrogens with one attached hydrogen (secondary N) is 1. The second kappa shape index (κ2) is 5.39. The van der Waals surface area contributed by atoms with Gasteiger partial charge in [0.25, 0.3) is 0 Å². The van der Waals surface area contributed by atoms with Crippen LogP contribution in [0.15, 0.2) is 66.7 Å². The SMILES string of the molecule is N#Cc1[nH]nnc1-c1ccc(-c2ccc3ccccc3c2)cc1. The molecule has 0 fully saturated rings. The molecule has 3 aromatic carbocycles. The molecule has 0 aliphatic heterocycles. The van der Waals surface area contributed by atoms with E-state index in [1.807, 2.05) is 36.4 Å². The molecule has 0 amide bonds. The zero-order valence-corrected chi connectivity index (χ0v) is 12.2. The predicted octanol–water partition coefficient (Wildman–Crippen LogP) is 4.16. The summed E-state index contributed by atoms with van der Waals surface area (Å²) in [5, 5.41) is 21.7. The van der Waals surface area contributed by atoms with Crippen LogP contribution in [0.2, 0.25) is 0 Å². The van der Waals surface area contributed by atoms with Crippen molar-refractivity contribution in [3.8, 4) is 28.5 Å². The molecule has 1 N–H and O–H groups in total. The Labute approximate surface area is 133 Å². The highest BCUT2D eigenvalue weighted by molar-refractivity contribution is 5.87. The number of fused-ring (bicyclic) bond motifs is 1. The number of aromatic amines is 1. The number of rotatable bonds is 2. The average molecular weight is 296 g/mol. The molecule has 1 heterocycles. The van der Waals surface area contributed by atoms with Gasteiger partial charge in [-0.15, -0.1) is 5.10 Å². The molecule has 0 spiro atoms. The van der Waals surface area contributed by atoms with Gasteiger partial charge in [-0.1, -0.05) is 65.9 Å². The Hall–Kier alpha value is -3.45. The molecule has 0 saturated carbocycles. The van der Waals surface area contributed by atoms with Crippen LogP contribution in [0.1, 0.15) is 5.69 Å². The van der Waals surface area contributed by atoms with Crippen molar-refractivity contribution in [3.05, 3.63) is 72.4 Å². The van der Waals surface area contributed by atoms with E-state index in [0.29, 0.717) is 11.4 Å². The molecule has 0 unspecified atom stereocenters. The highest BCUT2D eigenvalue weighted by Crippen LogP contribution is 2.27. The first-order chi connectivity index (χ1) is 11.3. The molecular weight excluding hydrogens is 284 g/mol. The van der Waals surface area contributed by atoms with Gasteiger partial charge in [-0.05, 0) is 28.0 Å². The quantitative estimate of drug-likeness (QED) is 0.604.